The number of nitrogens with zero attached hydrogens (tertiary/aromatic N) is 1. The molecule has 4 nitrogen and oxygen atoms in total. The van der Waals surface area contributed by atoms with Crippen molar-refractivity contribution in [3.63, 3.8) is 0 Å². The highest BCUT2D eigenvalue weighted by atomic mass is 32.1. The van der Waals surface area contributed by atoms with Gasteiger partial charge in [0.2, 0.25) is 0 Å². The average molecular weight is 286 g/mol. The Morgan fingerprint density at radius 3 is 3.00 bits per heavy atom. The van der Waals surface area contributed by atoms with E-state index in [1.54, 1.807) is 24.0 Å². The number of fused-ring (bicyclic) bond motifs is 1. The summed E-state index contributed by atoms with van der Waals surface area (Å²) in [7, 11) is 1.67. The summed E-state index contributed by atoms with van der Waals surface area (Å²) >= 11 is 1.56. The van der Waals surface area contributed by atoms with Gasteiger partial charge in [0.1, 0.15) is 17.0 Å². The minimum absolute atomic E-state index is 0.553. The fourth-order valence-corrected chi connectivity index (χ4v) is 2.71. The number of ether oxygens (including phenoxy) is 2. The second kappa shape index (κ2) is 5.48. The molecular formula is C15H14N2O2S. The molecule has 20 heavy (non-hydrogen) atoms. The smallest absolute Gasteiger partial charge is 0.152 e. The Bertz CT molecular complexity index is 740. The average Bonchev–Trinajstić information content (AvgIpc) is 2.92. The number of hydrogen-bond acceptors (Lipinski definition) is 5. The van der Waals surface area contributed by atoms with Gasteiger partial charge in [0.25, 0.3) is 0 Å². The normalized spacial score (nSPS) is 10.8. The van der Waals surface area contributed by atoms with E-state index < -0.39 is 0 Å². The van der Waals surface area contributed by atoms with Crippen molar-refractivity contribution in [3.8, 4) is 11.5 Å². The molecule has 0 radical (unpaired) electrons. The lowest BCUT2D eigenvalue weighted by molar-refractivity contribution is 0.184. The Balaban J connectivity index is 1.92. The Morgan fingerprint density at radius 2 is 2.15 bits per heavy atom. The summed E-state index contributed by atoms with van der Waals surface area (Å²) in [6.45, 7) is 0.553. The molecule has 0 aliphatic heterocycles. The Hall–Kier alpha value is -2.11. The topological polar surface area (TPSA) is 57.4 Å². The van der Waals surface area contributed by atoms with Crippen LogP contribution in [0.5, 0.6) is 11.5 Å². The summed E-state index contributed by atoms with van der Waals surface area (Å²) in [5.74, 6) is 1.36. The van der Waals surface area contributed by atoms with Gasteiger partial charge in [0, 0.05) is 7.11 Å². The zero-order valence-electron chi connectivity index (χ0n) is 11.0. The minimum atomic E-state index is 0.553. The van der Waals surface area contributed by atoms with Gasteiger partial charge in [0.15, 0.2) is 5.75 Å². The van der Waals surface area contributed by atoms with E-state index in [9.17, 15) is 0 Å². The highest BCUT2D eigenvalue weighted by Gasteiger charge is 2.09. The van der Waals surface area contributed by atoms with Crippen molar-refractivity contribution < 1.29 is 9.47 Å². The number of aromatic nitrogens is 1. The van der Waals surface area contributed by atoms with Crippen LogP contribution in [0.25, 0.3) is 10.2 Å². The maximum atomic E-state index is 6.10. The molecule has 0 amide bonds. The van der Waals surface area contributed by atoms with Crippen LogP contribution in [0, 0.1) is 0 Å². The molecule has 0 fully saturated rings. The number of thiazole rings is 1. The Morgan fingerprint density at radius 1 is 1.25 bits per heavy atom. The monoisotopic (exact) mass is 286 g/mol. The van der Waals surface area contributed by atoms with Crippen LogP contribution >= 0.6 is 11.3 Å². The first-order valence-corrected chi connectivity index (χ1v) is 7.03. The first kappa shape index (κ1) is 12.9. The Kier molecular flexibility index (Phi) is 3.54. The third-order valence-corrected chi connectivity index (χ3v) is 3.73. The molecule has 5 heteroatoms. The molecule has 3 aromatic rings. The predicted octanol–water partition coefficient (Wildman–Crippen LogP) is 3.82. The number of anilines is 1. The third-order valence-electron chi connectivity index (χ3n) is 2.94. The van der Waals surface area contributed by atoms with Crippen LogP contribution in [0.1, 0.15) is 5.56 Å². The molecule has 0 unspecified atom stereocenters. The van der Waals surface area contributed by atoms with E-state index >= 15 is 0 Å². The first-order chi connectivity index (χ1) is 9.78. The van der Waals surface area contributed by atoms with Crippen LogP contribution in [0.2, 0.25) is 0 Å². The van der Waals surface area contributed by atoms with E-state index in [1.165, 1.54) is 0 Å². The molecule has 102 valence electrons. The summed E-state index contributed by atoms with van der Waals surface area (Å²) < 4.78 is 12.0. The van der Waals surface area contributed by atoms with Gasteiger partial charge in [-0.3, -0.25) is 0 Å². The van der Waals surface area contributed by atoms with Gasteiger partial charge in [-0.2, -0.15) is 0 Å². The molecule has 0 spiro atoms. The summed E-state index contributed by atoms with van der Waals surface area (Å²) in [6.07, 6.45) is 0. The zero-order chi connectivity index (χ0) is 13.9. The van der Waals surface area contributed by atoms with Gasteiger partial charge in [-0.1, -0.05) is 12.1 Å². The maximum absolute atomic E-state index is 6.10. The summed E-state index contributed by atoms with van der Waals surface area (Å²) in [4.78, 5) is 4.26. The van der Waals surface area contributed by atoms with E-state index in [4.69, 9.17) is 15.2 Å². The van der Waals surface area contributed by atoms with E-state index in [0.29, 0.717) is 18.0 Å². The molecule has 3 rings (SSSR count). The molecule has 1 heterocycles. The Labute approximate surface area is 120 Å². The van der Waals surface area contributed by atoms with Crippen molar-refractivity contribution in [3.05, 3.63) is 47.5 Å². The van der Waals surface area contributed by atoms with Crippen molar-refractivity contribution in [2.45, 2.75) is 6.61 Å². The van der Waals surface area contributed by atoms with Crippen molar-refractivity contribution in [2.75, 3.05) is 12.8 Å². The van der Waals surface area contributed by atoms with Crippen LogP contribution in [0.3, 0.4) is 0 Å². The summed E-state index contributed by atoms with van der Waals surface area (Å²) in [5.41, 5.74) is 10.3. The zero-order valence-corrected chi connectivity index (χ0v) is 11.8. The lowest BCUT2D eigenvalue weighted by Gasteiger charge is -2.10. The van der Waals surface area contributed by atoms with Crippen LogP contribution in [0.15, 0.2) is 41.9 Å². The van der Waals surface area contributed by atoms with E-state index in [2.05, 4.69) is 4.98 Å². The van der Waals surface area contributed by atoms with Gasteiger partial charge in [-0.05, 0) is 29.8 Å². The fraction of sp³-hybridized carbons (Fsp3) is 0.133. The van der Waals surface area contributed by atoms with Crippen LogP contribution in [-0.2, 0) is 11.3 Å². The van der Waals surface area contributed by atoms with Gasteiger partial charge in [-0.25, -0.2) is 4.98 Å². The largest absolute Gasteiger partial charge is 0.455 e. The van der Waals surface area contributed by atoms with E-state index in [-0.39, 0.29) is 0 Å². The third kappa shape index (κ3) is 2.45. The lowest BCUT2D eigenvalue weighted by Crippen LogP contribution is -1.94. The molecule has 0 atom stereocenters. The van der Waals surface area contributed by atoms with Crippen LogP contribution in [0.4, 0.5) is 5.69 Å². The molecule has 2 aromatic carbocycles. The SMILES string of the molecule is COCc1cccc(Oc2ccc3scnc3c2N)c1. The lowest BCUT2D eigenvalue weighted by atomic mass is 10.2. The number of hydrogen-bond donors (Lipinski definition) is 1. The van der Waals surface area contributed by atoms with E-state index in [0.717, 1.165) is 21.5 Å². The van der Waals surface area contributed by atoms with Gasteiger partial charge in [-0.15, -0.1) is 11.3 Å². The number of methoxy groups -OCH3 is 1. The molecule has 0 bridgehead atoms. The standard InChI is InChI=1S/C15H14N2O2S/c1-18-8-10-3-2-4-11(7-10)19-12-5-6-13-15(14(12)16)17-9-20-13/h2-7,9H,8,16H2,1H3. The summed E-state index contributed by atoms with van der Waals surface area (Å²) in [5, 5.41) is 0. The minimum Gasteiger partial charge on any atom is -0.455 e. The number of benzene rings is 2. The molecule has 2 N–H and O–H groups in total. The molecule has 0 aliphatic rings. The maximum Gasteiger partial charge on any atom is 0.152 e. The van der Waals surface area contributed by atoms with Crippen molar-refractivity contribution >= 4 is 27.2 Å². The van der Waals surface area contributed by atoms with Crippen molar-refractivity contribution in [2.24, 2.45) is 0 Å². The number of rotatable bonds is 4. The van der Waals surface area contributed by atoms with Gasteiger partial charge in [0.05, 0.1) is 16.8 Å². The van der Waals surface area contributed by atoms with Crippen molar-refractivity contribution in [1.29, 1.82) is 0 Å². The molecule has 0 saturated carbocycles. The van der Waals surface area contributed by atoms with E-state index in [1.807, 2.05) is 36.4 Å². The quantitative estimate of drug-likeness (QED) is 0.741. The van der Waals surface area contributed by atoms with Crippen LogP contribution < -0.4 is 10.5 Å². The van der Waals surface area contributed by atoms with Crippen molar-refractivity contribution in [1.82, 2.24) is 4.98 Å². The highest BCUT2D eigenvalue weighted by Crippen LogP contribution is 2.34. The molecule has 1 aromatic heterocycles. The summed E-state index contributed by atoms with van der Waals surface area (Å²) in [6, 6.07) is 11.6. The first-order valence-electron chi connectivity index (χ1n) is 6.15. The van der Waals surface area contributed by atoms with Crippen LogP contribution in [-0.4, -0.2) is 12.1 Å². The second-order valence-electron chi connectivity index (χ2n) is 4.36. The number of nitrogens with two attached hydrogens (primary N) is 1. The van der Waals surface area contributed by atoms with Gasteiger partial charge >= 0.3 is 0 Å². The molecular weight excluding hydrogens is 272 g/mol. The second-order valence-corrected chi connectivity index (χ2v) is 5.25. The van der Waals surface area contributed by atoms with Gasteiger partial charge < -0.3 is 15.2 Å². The molecule has 0 aliphatic carbocycles. The predicted molar refractivity (Wildman–Crippen MR) is 81.3 cm³/mol. The highest BCUT2D eigenvalue weighted by molar-refractivity contribution is 7.16. The number of nitrogen functional groups attached to an aromatic ring is 1. The molecule has 0 saturated heterocycles. The fourth-order valence-electron chi connectivity index (χ4n) is 2.02.